The molecular weight excluding hydrogens is 284 g/mol. The minimum Gasteiger partial charge on any atom is -0.478 e. The molecule has 0 saturated carbocycles. The molecule has 0 bridgehead atoms. The van der Waals surface area contributed by atoms with Crippen LogP contribution in [0.1, 0.15) is 20.8 Å². The van der Waals surface area contributed by atoms with Crippen molar-refractivity contribution in [2.75, 3.05) is 11.4 Å². The van der Waals surface area contributed by atoms with E-state index < -0.39 is 17.6 Å². The lowest BCUT2D eigenvalue weighted by molar-refractivity contribution is 0.0695. The number of fused-ring (bicyclic) bond motifs is 1. The third-order valence-corrected chi connectivity index (χ3v) is 4.41. The lowest BCUT2D eigenvalue weighted by Gasteiger charge is -2.29. The van der Waals surface area contributed by atoms with E-state index in [0.717, 1.165) is 24.1 Å². The van der Waals surface area contributed by atoms with Crippen molar-refractivity contribution in [1.29, 1.82) is 0 Å². The van der Waals surface area contributed by atoms with Gasteiger partial charge in [0.05, 0.1) is 5.56 Å². The summed E-state index contributed by atoms with van der Waals surface area (Å²) in [5.74, 6) is -3.00. The Hall–Kier alpha value is -1.95. The van der Waals surface area contributed by atoms with E-state index in [-0.39, 0.29) is 11.3 Å². The number of anilines is 1. The van der Waals surface area contributed by atoms with Crippen LogP contribution in [0, 0.1) is 11.6 Å². The van der Waals surface area contributed by atoms with Crippen LogP contribution in [0.15, 0.2) is 23.6 Å². The summed E-state index contributed by atoms with van der Waals surface area (Å²) in [7, 11) is 0. The molecule has 1 aliphatic rings. The molecule has 3 nitrogen and oxygen atoms in total. The molecule has 0 spiro atoms. The Morgan fingerprint density at radius 2 is 2.00 bits per heavy atom. The van der Waals surface area contributed by atoms with Crippen molar-refractivity contribution < 1.29 is 18.7 Å². The van der Waals surface area contributed by atoms with Crippen LogP contribution in [0.5, 0.6) is 0 Å². The summed E-state index contributed by atoms with van der Waals surface area (Å²) >= 11 is 1.65. The van der Waals surface area contributed by atoms with Crippen LogP contribution in [0.4, 0.5) is 14.5 Å². The molecule has 1 aliphatic heterocycles. The maximum atomic E-state index is 14.0. The number of hydrogen-bond acceptors (Lipinski definition) is 3. The molecule has 0 unspecified atom stereocenters. The minimum absolute atomic E-state index is 0.146. The molecule has 20 heavy (non-hydrogen) atoms. The summed E-state index contributed by atoms with van der Waals surface area (Å²) < 4.78 is 28.0. The van der Waals surface area contributed by atoms with Gasteiger partial charge in [0.15, 0.2) is 0 Å². The van der Waals surface area contributed by atoms with Crippen LogP contribution < -0.4 is 4.90 Å². The van der Waals surface area contributed by atoms with Gasteiger partial charge in [0.25, 0.3) is 0 Å². The van der Waals surface area contributed by atoms with Crippen LogP contribution in [0.25, 0.3) is 0 Å². The van der Waals surface area contributed by atoms with Gasteiger partial charge in [0.2, 0.25) is 0 Å². The van der Waals surface area contributed by atoms with E-state index in [1.54, 1.807) is 16.2 Å². The average Bonchev–Trinajstić information content (AvgIpc) is 2.85. The molecule has 2 heterocycles. The fourth-order valence-electron chi connectivity index (χ4n) is 2.43. The number of hydrogen-bond donors (Lipinski definition) is 1. The van der Waals surface area contributed by atoms with E-state index in [1.165, 1.54) is 4.88 Å². The summed E-state index contributed by atoms with van der Waals surface area (Å²) in [6, 6.07) is 3.68. The normalized spacial score (nSPS) is 14.2. The molecule has 0 aliphatic carbocycles. The SMILES string of the molecule is O=C(O)c1cc(F)c(N2CCc3sccc3C2)c(F)c1. The maximum absolute atomic E-state index is 14.0. The Labute approximate surface area is 118 Å². The first-order valence-corrected chi connectivity index (χ1v) is 6.97. The van der Waals surface area contributed by atoms with E-state index in [0.29, 0.717) is 13.1 Å². The molecule has 1 aromatic heterocycles. The van der Waals surface area contributed by atoms with E-state index in [2.05, 4.69) is 0 Å². The zero-order chi connectivity index (χ0) is 14.3. The third kappa shape index (κ3) is 2.16. The first kappa shape index (κ1) is 13.1. The summed E-state index contributed by atoms with van der Waals surface area (Å²) in [6.45, 7) is 0.965. The topological polar surface area (TPSA) is 40.5 Å². The molecule has 0 atom stereocenters. The van der Waals surface area contributed by atoms with Crippen molar-refractivity contribution in [2.24, 2.45) is 0 Å². The number of aromatic carboxylic acids is 1. The number of carboxylic acids is 1. The quantitative estimate of drug-likeness (QED) is 0.924. The van der Waals surface area contributed by atoms with E-state index in [4.69, 9.17) is 5.11 Å². The van der Waals surface area contributed by atoms with Crippen LogP contribution in [0.2, 0.25) is 0 Å². The molecule has 0 saturated heterocycles. The highest BCUT2D eigenvalue weighted by atomic mass is 32.1. The first-order chi connectivity index (χ1) is 9.56. The van der Waals surface area contributed by atoms with E-state index in [9.17, 15) is 13.6 Å². The lowest BCUT2D eigenvalue weighted by atomic mass is 10.1. The molecule has 1 N–H and O–H groups in total. The van der Waals surface area contributed by atoms with Crippen molar-refractivity contribution in [3.63, 3.8) is 0 Å². The fourth-order valence-corrected chi connectivity index (χ4v) is 3.32. The number of carbonyl (C=O) groups is 1. The highest BCUT2D eigenvalue weighted by Crippen LogP contribution is 2.31. The molecule has 6 heteroatoms. The highest BCUT2D eigenvalue weighted by Gasteiger charge is 2.24. The lowest BCUT2D eigenvalue weighted by Crippen LogP contribution is -2.31. The van der Waals surface area contributed by atoms with Gasteiger partial charge in [-0.15, -0.1) is 11.3 Å². The maximum Gasteiger partial charge on any atom is 0.335 e. The van der Waals surface area contributed by atoms with Crippen molar-refractivity contribution in [3.05, 3.63) is 51.2 Å². The monoisotopic (exact) mass is 295 g/mol. The standard InChI is InChI=1S/C14H11F2NO2S/c15-10-5-9(14(18)19)6-11(16)13(10)17-3-1-12-8(7-17)2-4-20-12/h2,4-6H,1,3,7H2,(H,18,19). The van der Waals surface area contributed by atoms with Gasteiger partial charge in [-0.1, -0.05) is 0 Å². The van der Waals surface area contributed by atoms with Gasteiger partial charge in [-0.2, -0.15) is 0 Å². The van der Waals surface area contributed by atoms with Crippen LogP contribution in [-0.2, 0) is 13.0 Å². The molecule has 0 amide bonds. The predicted molar refractivity (Wildman–Crippen MR) is 72.4 cm³/mol. The minimum atomic E-state index is -1.34. The summed E-state index contributed by atoms with van der Waals surface area (Å²) in [5.41, 5.74) is 0.547. The van der Waals surface area contributed by atoms with Gasteiger partial charge in [-0.3, -0.25) is 0 Å². The molecule has 0 fully saturated rings. The average molecular weight is 295 g/mol. The summed E-state index contributed by atoms with van der Waals surface area (Å²) in [4.78, 5) is 13.6. The second kappa shape index (κ2) is 4.86. The molecule has 104 valence electrons. The number of halogens is 2. The van der Waals surface area contributed by atoms with Crippen molar-refractivity contribution >= 4 is 23.0 Å². The largest absolute Gasteiger partial charge is 0.478 e. The van der Waals surface area contributed by atoms with Gasteiger partial charge in [0.1, 0.15) is 17.3 Å². The molecule has 2 aromatic rings. The molecule has 0 radical (unpaired) electrons. The Balaban J connectivity index is 1.97. The van der Waals surface area contributed by atoms with Gasteiger partial charge in [-0.05, 0) is 35.6 Å². The van der Waals surface area contributed by atoms with Crippen molar-refractivity contribution in [3.8, 4) is 0 Å². The molecule has 1 aromatic carbocycles. The van der Waals surface area contributed by atoms with Gasteiger partial charge in [0, 0.05) is 18.0 Å². The smallest absolute Gasteiger partial charge is 0.335 e. The number of thiophene rings is 1. The zero-order valence-electron chi connectivity index (χ0n) is 10.4. The van der Waals surface area contributed by atoms with Crippen molar-refractivity contribution in [2.45, 2.75) is 13.0 Å². The van der Waals surface area contributed by atoms with Crippen LogP contribution >= 0.6 is 11.3 Å². The van der Waals surface area contributed by atoms with Gasteiger partial charge in [-0.25, -0.2) is 13.6 Å². The Bertz CT molecular complexity index is 661. The number of benzene rings is 1. The van der Waals surface area contributed by atoms with E-state index >= 15 is 0 Å². The molecule has 3 rings (SSSR count). The predicted octanol–water partition coefficient (Wildman–Crippen LogP) is 3.29. The van der Waals surface area contributed by atoms with Crippen LogP contribution in [-0.4, -0.2) is 17.6 Å². The van der Waals surface area contributed by atoms with E-state index in [1.807, 2.05) is 11.4 Å². The summed E-state index contributed by atoms with van der Waals surface area (Å²) in [6.07, 6.45) is 0.743. The Kier molecular flexibility index (Phi) is 3.17. The fraction of sp³-hybridized carbons (Fsp3) is 0.214. The number of rotatable bonds is 2. The van der Waals surface area contributed by atoms with Crippen LogP contribution in [0.3, 0.4) is 0 Å². The molecular formula is C14H11F2NO2S. The second-order valence-corrected chi connectivity index (χ2v) is 5.63. The van der Waals surface area contributed by atoms with Gasteiger partial charge < -0.3 is 10.0 Å². The van der Waals surface area contributed by atoms with Gasteiger partial charge >= 0.3 is 5.97 Å². The number of carboxylic acid groups (broad SMARTS) is 1. The summed E-state index contributed by atoms with van der Waals surface area (Å²) in [5, 5.41) is 10.8. The number of nitrogens with zero attached hydrogens (tertiary/aromatic N) is 1. The Morgan fingerprint density at radius 3 is 2.65 bits per heavy atom. The zero-order valence-corrected chi connectivity index (χ0v) is 11.2. The highest BCUT2D eigenvalue weighted by molar-refractivity contribution is 7.10. The first-order valence-electron chi connectivity index (χ1n) is 6.09. The van der Waals surface area contributed by atoms with Crippen molar-refractivity contribution in [1.82, 2.24) is 0 Å². The Morgan fingerprint density at radius 1 is 1.30 bits per heavy atom. The second-order valence-electron chi connectivity index (χ2n) is 4.63. The third-order valence-electron chi connectivity index (χ3n) is 3.39.